The Hall–Kier alpha value is -1.19. The summed E-state index contributed by atoms with van der Waals surface area (Å²) in [5.41, 5.74) is 4.00. The third kappa shape index (κ3) is 3.65. The van der Waals surface area contributed by atoms with Crippen molar-refractivity contribution in [2.75, 3.05) is 0 Å². The first-order valence-corrected chi connectivity index (χ1v) is 7.20. The van der Waals surface area contributed by atoms with Gasteiger partial charge in [0.1, 0.15) is 5.01 Å². The predicted molar refractivity (Wildman–Crippen MR) is 78.0 cm³/mol. The summed E-state index contributed by atoms with van der Waals surface area (Å²) in [7, 11) is 0. The summed E-state index contributed by atoms with van der Waals surface area (Å²) in [5, 5.41) is 4.63. The topological polar surface area (TPSA) is 24.9 Å². The van der Waals surface area contributed by atoms with E-state index in [1.807, 2.05) is 6.20 Å². The summed E-state index contributed by atoms with van der Waals surface area (Å²) in [5.74, 6) is 0. The highest BCUT2D eigenvalue weighted by Crippen LogP contribution is 2.13. The van der Waals surface area contributed by atoms with E-state index >= 15 is 0 Å². The van der Waals surface area contributed by atoms with Crippen molar-refractivity contribution in [3.8, 4) is 0 Å². The number of hydrogen-bond donors (Lipinski definition) is 1. The molecule has 1 aromatic carbocycles. The van der Waals surface area contributed by atoms with Crippen molar-refractivity contribution in [3.05, 3.63) is 51.0 Å². The maximum absolute atomic E-state index is 4.41. The summed E-state index contributed by atoms with van der Waals surface area (Å²) in [6, 6.07) is 6.68. The van der Waals surface area contributed by atoms with Gasteiger partial charge < -0.3 is 5.32 Å². The Morgan fingerprint density at radius 3 is 2.44 bits per heavy atom. The SMILES string of the molecule is CCc1cnc(CNCc2cc(C)cc(C)c2)s1. The highest BCUT2D eigenvalue weighted by molar-refractivity contribution is 7.11. The van der Waals surface area contributed by atoms with Crippen molar-refractivity contribution in [3.63, 3.8) is 0 Å². The number of hydrogen-bond acceptors (Lipinski definition) is 3. The second kappa shape index (κ2) is 6.12. The van der Waals surface area contributed by atoms with Crippen molar-refractivity contribution >= 4 is 11.3 Å². The molecule has 18 heavy (non-hydrogen) atoms. The summed E-state index contributed by atoms with van der Waals surface area (Å²) in [4.78, 5) is 5.77. The Balaban J connectivity index is 1.88. The van der Waals surface area contributed by atoms with Crippen LogP contribution in [0, 0.1) is 13.8 Å². The zero-order chi connectivity index (χ0) is 13.0. The molecule has 0 bridgehead atoms. The van der Waals surface area contributed by atoms with Crippen LogP contribution in [-0.4, -0.2) is 4.98 Å². The van der Waals surface area contributed by atoms with Crippen molar-refractivity contribution in [1.82, 2.24) is 10.3 Å². The monoisotopic (exact) mass is 260 g/mol. The third-order valence-corrected chi connectivity index (χ3v) is 3.98. The molecule has 0 saturated carbocycles. The first kappa shape index (κ1) is 13.2. The third-order valence-electron chi connectivity index (χ3n) is 2.84. The molecule has 1 aromatic heterocycles. The quantitative estimate of drug-likeness (QED) is 0.888. The minimum absolute atomic E-state index is 0.859. The molecule has 1 heterocycles. The van der Waals surface area contributed by atoms with Gasteiger partial charge in [-0.05, 0) is 25.8 Å². The molecule has 0 saturated heterocycles. The molecule has 0 aliphatic heterocycles. The van der Waals surface area contributed by atoms with Gasteiger partial charge in [0.2, 0.25) is 0 Å². The van der Waals surface area contributed by atoms with Gasteiger partial charge in [-0.2, -0.15) is 0 Å². The lowest BCUT2D eigenvalue weighted by Gasteiger charge is -2.05. The van der Waals surface area contributed by atoms with E-state index in [1.54, 1.807) is 11.3 Å². The van der Waals surface area contributed by atoms with E-state index in [9.17, 15) is 0 Å². The van der Waals surface area contributed by atoms with Gasteiger partial charge in [0.15, 0.2) is 0 Å². The average Bonchev–Trinajstić information content (AvgIpc) is 2.76. The lowest BCUT2D eigenvalue weighted by Crippen LogP contribution is -2.12. The zero-order valence-electron chi connectivity index (χ0n) is 11.3. The van der Waals surface area contributed by atoms with Crippen molar-refractivity contribution < 1.29 is 0 Å². The smallest absolute Gasteiger partial charge is 0.107 e. The van der Waals surface area contributed by atoms with Crippen molar-refractivity contribution in [2.24, 2.45) is 0 Å². The van der Waals surface area contributed by atoms with Crippen LogP contribution in [-0.2, 0) is 19.5 Å². The molecule has 2 nitrogen and oxygen atoms in total. The fourth-order valence-corrected chi connectivity index (χ4v) is 2.91. The van der Waals surface area contributed by atoms with Crippen LogP contribution in [0.4, 0.5) is 0 Å². The van der Waals surface area contributed by atoms with Crippen LogP contribution >= 0.6 is 11.3 Å². The molecule has 0 atom stereocenters. The molecule has 96 valence electrons. The van der Waals surface area contributed by atoms with Crippen LogP contribution in [0.3, 0.4) is 0 Å². The molecule has 0 aliphatic carbocycles. The van der Waals surface area contributed by atoms with Crippen molar-refractivity contribution in [1.29, 1.82) is 0 Å². The molecule has 1 N–H and O–H groups in total. The fourth-order valence-electron chi connectivity index (χ4n) is 2.08. The van der Waals surface area contributed by atoms with E-state index in [2.05, 4.69) is 49.3 Å². The number of thiazole rings is 1. The van der Waals surface area contributed by atoms with E-state index in [4.69, 9.17) is 0 Å². The van der Waals surface area contributed by atoms with Gasteiger partial charge in [-0.3, -0.25) is 0 Å². The van der Waals surface area contributed by atoms with Gasteiger partial charge in [-0.1, -0.05) is 36.2 Å². The molecule has 0 radical (unpaired) electrons. The Morgan fingerprint density at radius 1 is 1.11 bits per heavy atom. The summed E-state index contributed by atoms with van der Waals surface area (Å²) < 4.78 is 0. The Morgan fingerprint density at radius 2 is 1.83 bits per heavy atom. The molecular formula is C15H20N2S. The van der Waals surface area contributed by atoms with E-state index in [0.29, 0.717) is 0 Å². The van der Waals surface area contributed by atoms with Gasteiger partial charge in [-0.25, -0.2) is 4.98 Å². The number of nitrogens with zero attached hydrogens (tertiary/aromatic N) is 1. The molecule has 0 unspecified atom stereocenters. The highest BCUT2D eigenvalue weighted by Gasteiger charge is 2.00. The maximum atomic E-state index is 4.41. The van der Waals surface area contributed by atoms with Gasteiger partial charge in [0.25, 0.3) is 0 Å². The van der Waals surface area contributed by atoms with Crippen LogP contribution in [0.2, 0.25) is 0 Å². The first-order valence-electron chi connectivity index (χ1n) is 6.39. The first-order chi connectivity index (χ1) is 8.67. The van der Waals surface area contributed by atoms with E-state index in [-0.39, 0.29) is 0 Å². The molecule has 0 spiro atoms. The standard InChI is InChI=1S/C15H20N2S/c1-4-14-9-17-15(18-14)10-16-8-13-6-11(2)5-12(3)7-13/h5-7,9,16H,4,8,10H2,1-3H3. The summed E-state index contributed by atoms with van der Waals surface area (Å²) >= 11 is 1.80. The second-order valence-corrected chi connectivity index (χ2v) is 5.87. The van der Waals surface area contributed by atoms with E-state index in [1.165, 1.54) is 26.6 Å². The number of aromatic nitrogens is 1. The lowest BCUT2D eigenvalue weighted by atomic mass is 10.1. The van der Waals surface area contributed by atoms with Crippen LogP contribution in [0.15, 0.2) is 24.4 Å². The molecule has 3 heteroatoms. The van der Waals surface area contributed by atoms with E-state index in [0.717, 1.165) is 19.5 Å². The maximum Gasteiger partial charge on any atom is 0.107 e. The molecular weight excluding hydrogens is 240 g/mol. The number of benzene rings is 1. The molecule has 0 aliphatic rings. The van der Waals surface area contributed by atoms with E-state index < -0.39 is 0 Å². The summed E-state index contributed by atoms with van der Waals surface area (Å²) in [6.45, 7) is 8.22. The lowest BCUT2D eigenvalue weighted by molar-refractivity contribution is 0.689. The summed E-state index contributed by atoms with van der Waals surface area (Å²) in [6.07, 6.45) is 3.06. The predicted octanol–water partition coefficient (Wildman–Crippen LogP) is 3.61. The second-order valence-electron chi connectivity index (χ2n) is 4.67. The molecule has 0 fully saturated rings. The molecule has 2 rings (SSSR count). The van der Waals surface area contributed by atoms with Gasteiger partial charge in [0.05, 0.1) is 0 Å². The van der Waals surface area contributed by atoms with Crippen molar-refractivity contribution in [2.45, 2.75) is 40.3 Å². The van der Waals surface area contributed by atoms with Gasteiger partial charge >= 0.3 is 0 Å². The number of nitrogens with one attached hydrogen (secondary N) is 1. The Kier molecular flexibility index (Phi) is 4.50. The number of rotatable bonds is 5. The van der Waals surface area contributed by atoms with Gasteiger partial charge in [0, 0.05) is 24.2 Å². The van der Waals surface area contributed by atoms with Crippen LogP contribution < -0.4 is 5.32 Å². The molecule has 0 amide bonds. The minimum Gasteiger partial charge on any atom is -0.306 e. The molecule has 2 aromatic rings. The Bertz CT molecular complexity index is 497. The van der Waals surface area contributed by atoms with Gasteiger partial charge in [-0.15, -0.1) is 11.3 Å². The Labute approximate surface area is 113 Å². The number of aryl methyl sites for hydroxylation is 3. The van der Waals surface area contributed by atoms with Crippen LogP contribution in [0.25, 0.3) is 0 Å². The largest absolute Gasteiger partial charge is 0.306 e. The fraction of sp³-hybridized carbons (Fsp3) is 0.400. The average molecular weight is 260 g/mol. The normalized spacial score (nSPS) is 10.8. The minimum atomic E-state index is 0.859. The highest BCUT2D eigenvalue weighted by atomic mass is 32.1. The van der Waals surface area contributed by atoms with Crippen LogP contribution in [0.1, 0.15) is 33.5 Å². The zero-order valence-corrected chi connectivity index (χ0v) is 12.1. The van der Waals surface area contributed by atoms with Crippen LogP contribution in [0.5, 0.6) is 0 Å².